The van der Waals surface area contributed by atoms with Crippen molar-refractivity contribution in [1.82, 2.24) is 4.90 Å². The molecule has 2 aromatic carbocycles. The lowest BCUT2D eigenvalue weighted by atomic mass is 9.94. The van der Waals surface area contributed by atoms with E-state index in [0.29, 0.717) is 25.3 Å². The first kappa shape index (κ1) is 25.2. The van der Waals surface area contributed by atoms with Crippen LogP contribution in [-0.2, 0) is 26.5 Å². The van der Waals surface area contributed by atoms with Gasteiger partial charge in [-0.3, -0.25) is 9.69 Å². The van der Waals surface area contributed by atoms with E-state index in [2.05, 4.69) is 6.92 Å². The summed E-state index contributed by atoms with van der Waals surface area (Å²) in [6.07, 6.45) is 3.04. The Kier molecular flexibility index (Phi) is 9.29. The standard InChI is InChI=1S/C25H30FNO5S/c1-2-3-6-20(21-7-4-5-8-22(21)26)16-32-14-13-27-23(28)15-24(27)33(31)17-18-9-11-19(12-10-18)25(29)30/h4-5,7-12,20,24H,2-3,6,13-17H2,1H3,(H,29,30). The molecule has 33 heavy (non-hydrogen) atoms. The Balaban J connectivity index is 1.48. The van der Waals surface area contributed by atoms with Gasteiger partial charge in [0.05, 0.1) is 25.2 Å². The Hall–Kier alpha value is -2.42. The van der Waals surface area contributed by atoms with Crippen molar-refractivity contribution in [3.8, 4) is 0 Å². The van der Waals surface area contributed by atoms with Gasteiger partial charge in [-0.1, -0.05) is 50.1 Å². The number of ether oxygens (including phenoxy) is 1. The number of aromatic carboxylic acids is 1. The molecule has 0 radical (unpaired) electrons. The van der Waals surface area contributed by atoms with Crippen LogP contribution in [0.15, 0.2) is 48.5 Å². The number of carbonyl (C=O) groups excluding carboxylic acids is 1. The van der Waals surface area contributed by atoms with Gasteiger partial charge in [-0.2, -0.15) is 0 Å². The Labute approximate surface area is 196 Å². The summed E-state index contributed by atoms with van der Waals surface area (Å²) in [5.41, 5.74) is 1.59. The molecule has 1 aliphatic rings. The third-order valence-corrected chi connectivity index (χ3v) is 7.52. The van der Waals surface area contributed by atoms with Crippen molar-refractivity contribution in [3.63, 3.8) is 0 Å². The smallest absolute Gasteiger partial charge is 0.335 e. The first-order valence-corrected chi connectivity index (χ1v) is 12.6. The van der Waals surface area contributed by atoms with Crippen molar-refractivity contribution in [2.24, 2.45) is 0 Å². The molecule has 0 spiro atoms. The van der Waals surface area contributed by atoms with Crippen molar-refractivity contribution in [2.75, 3.05) is 19.8 Å². The highest BCUT2D eigenvalue weighted by Gasteiger charge is 2.44. The van der Waals surface area contributed by atoms with Crippen LogP contribution in [0.2, 0.25) is 0 Å². The summed E-state index contributed by atoms with van der Waals surface area (Å²) in [5.74, 6) is -1.09. The van der Waals surface area contributed by atoms with Gasteiger partial charge in [-0.05, 0) is 41.4 Å². The summed E-state index contributed by atoms with van der Waals surface area (Å²) >= 11 is -1.30. The van der Waals surface area contributed by atoms with E-state index in [9.17, 15) is 18.5 Å². The quantitative estimate of drug-likeness (QED) is 0.265. The lowest BCUT2D eigenvalue weighted by Crippen LogP contribution is -2.57. The fourth-order valence-electron chi connectivity index (χ4n) is 3.91. The summed E-state index contributed by atoms with van der Waals surface area (Å²) in [7, 11) is 0. The molecule has 1 N–H and O–H groups in total. The number of halogens is 1. The zero-order valence-corrected chi connectivity index (χ0v) is 19.6. The van der Waals surface area contributed by atoms with E-state index in [-0.39, 0.29) is 40.8 Å². The number of rotatable bonds is 13. The van der Waals surface area contributed by atoms with E-state index in [1.165, 1.54) is 18.2 Å². The predicted octanol–water partition coefficient (Wildman–Crippen LogP) is 4.32. The summed E-state index contributed by atoms with van der Waals surface area (Å²) < 4.78 is 32.8. The Morgan fingerprint density at radius 3 is 2.64 bits per heavy atom. The maximum absolute atomic E-state index is 14.2. The van der Waals surface area contributed by atoms with E-state index < -0.39 is 17.1 Å². The lowest BCUT2D eigenvalue weighted by molar-refractivity contribution is -0.143. The third kappa shape index (κ3) is 6.79. The van der Waals surface area contributed by atoms with Crippen molar-refractivity contribution in [3.05, 3.63) is 71.0 Å². The molecule has 178 valence electrons. The minimum Gasteiger partial charge on any atom is -0.614 e. The van der Waals surface area contributed by atoms with Crippen molar-refractivity contribution in [2.45, 2.75) is 49.7 Å². The van der Waals surface area contributed by atoms with Gasteiger partial charge in [0.1, 0.15) is 11.6 Å². The zero-order chi connectivity index (χ0) is 23.8. The molecule has 3 rings (SSSR count). The number of carbonyl (C=O) groups is 2. The second-order valence-corrected chi connectivity index (χ2v) is 9.80. The molecular weight excluding hydrogens is 445 g/mol. The fraction of sp³-hybridized carbons (Fsp3) is 0.440. The van der Waals surface area contributed by atoms with Crippen LogP contribution in [0.4, 0.5) is 4.39 Å². The molecule has 0 aliphatic carbocycles. The van der Waals surface area contributed by atoms with E-state index >= 15 is 0 Å². The summed E-state index contributed by atoms with van der Waals surface area (Å²) in [6, 6.07) is 13.0. The minimum atomic E-state index is -1.30. The molecule has 1 heterocycles. The molecular formula is C25H30FNO5S. The number of benzene rings is 2. The lowest BCUT2D eigenvalue weighted by Gasteiger charge is -2.40. The minimum absolute atomic E-state index is 0.0445. The van der Waals surface area contributed by atoms with Crippen molar-refractivity contribution < 1.29 is 28.4 Å². The van der Waals surface area contributed by atoms with Crippen LogP contribution in [-0.4, -0.2) is 51.6 Å². The van der Waals surface area contributed by atoms with Gasteiger partial charge < -0.3 is 14.4 Å². The Morgan fingerprint density at radius 2 is 2.00 bits per heavy atom. The molecule has 1 amide bonds. The van der Waals surface area contributed by atoms with Gasteiger partial charge in [0, 0.05) is 18.0 Å². The number of amides is 1. The number of carboxylic acid groups (broad SMARTS) is 1. The molecule has 8 heteroatoms. The maximum atomic E-state index is 14.2. The van der Waals surface area contributed by atoms with E-state index in [0.717, 1.165) is 24.8 Å². The highest BCUT2D eigenvalue weighted by Crippen LogP contribution is 2.28. The zero-order valence-electron chi connectivity index (χ0n) is 18.7. The summed E-state index contributed by atoms with van der Waals surface area (Å²) in [5, 5.41) is 8.61. The van der Waals surface area contributed by atoms with Crippen LogP contribution in [0.3, 0.4) is 0 Å². The fourth-order valence-corrected chi connectivity index (χ4v) is 5.46. The average Bonchev–Trinajstić information content (AvgIpc) is 2.80. The molecule has 6 nitrogen and oxygen atoms in total. The number of unbranched alkanes of at least 4 members (excludes halogenated alkanes) is 1. The normalized spacial score (nSPS) is 17.5. The van der Waals surface area contributed by atoms with E-state index in [4.69, 9.17) is 9.84 Å². The first-order chi connectivity index (χ1) is 15.9. The summed E-state index contributed by atoms with van der Waals surface area (Å²) in [4.78, 5) is 24.6. The van der Waals surface area contributed by atoms with Crippen LogP contribution < -0.4 is 0 Å². The molecule has 1 saturated heterocycles. The second-order valence-electron chi connectivity index (χ2n) is 8.21. The highest BCUT2D eigenvalue weighted by molar-refractivity contribution is 7.91. The monoisotopic (exact) mass is 475 g/mol. The van der Waals surface area contributed by atoms with Crippen LogP contribution in [0, 0.1) is 5.82 Å². The molecule has 3 unspecified atom stereocenters. The van der Waals surface area contributed by atoms with Gasteiger partial charge in [0.2, 0.25) is 5.91 Å². The van der Waals surface area contributed by atoms with Crippen LogP contribution in [0.25, 0.3) is 0 Å². The topological polar surface area (TPSA) is 89.9 Å². The molecule has 3 atom stereocenters. The first-order valence-electron chi connectivity index (χ1n) is 11.2. The number of hydrogen-bond acceptors (Lipinski definition) is 4. The van der Waals surface area contributed by atoms with Crippen molar-refractivity contribution in [1.29, 1.82) is 0 Å². The van der Waals surface area contributed by atoms with E-state index in [1.807, 2.05) is 6.07 Å². The number of carboxylic acids is 1. The SMILES string of the molecule is CCCCC(COCCN1C(=O)CC1[S+]([O-])Cc1ccc(C(=O)O)cc1)c1ccccc1F. The number of hydrogen-bond donors (Lipinski definition) is 1. The molecule has 0 bridgehead atoms. The number of nitrogens with zero attached hydrogens (tertiary/aromatic N) is 1. The van der Waals surface area contributed by atoms with E-state index in [1.54, 1.807) is 29.2 Å². The molecule has 1 fully saturated rings. The highest BCUT2D eigenvalue weighted by atomic mass is 32.2. The van der Waals surface area contributed by atoms with Gasteiger partial charge in [-0.25, -0.2) is 9.18 Å². The van der Waals surface area contributed by atoms with Crippen LogP contribution >= 0.6 is 0 Å². The molecule has 2 aromatic rings. The Bertz CT molecular complexity index is 939. The van der Waals surface area contributed by atoms with Gasteiger partial charge in [0.25, 0.3) is 0 Å². The molecule has 0 saturated carbocycles. The number of likely N-dealkylation sites (tertiary alicyclic amines) is 1. The van der Waals surface area contributed by atoms with Crippen molar-refractivity contribution >= 4 is 23.1 Å². The molecule has 1 aliphatic heterocycles. The van der Waals surface area contributed by atoms with Gasteiger partial charge in [0.15, 0.2) is 5.37 Å². The van der Waals surface area contributed by atoms with Crippen LogP contribution in [0.1, 0.15) is 60.0 Å². The predicted molar refractivity (Wildman–Crippen MR) is 125 cm³/mol. The second kappa shape index (κ2) is 12.2. The number of β-lactam (4-membered cyclic amide) rings is 1. The average molecular weight is 476 g/mol. The molecule has 0 aromatic heterocycles. The summed E-state index contributed by atoms with van der Waals surface area (Å²) in [6.45, 7) is 3.09. The van der Waals surface area contributed by atoms with Gasteiger partial charge >= 0.3 is 5.97 Å². The Morgan fingerprint density at radius 1 is 1.27 bits per heavy atom. The maximum Gasteiger partial charge on any atom is 0.335 e. The van der Waals surface area contributed by atoms with Gasteiger partial charge in [-0.15, -0.1) is 0 Å². The largest absolute Gasteiger partial charge is 0.614 e. The van der Waals surface area contributed by atoms with Crippen LogP contribution in [0.5, 0.6) is 0 Å². The third-order valence-electron chi connectivity index (χ3n) is 5.88.